The van der Waals surface area contributed by atoms with E-state index in [1.54, 1.807) is 25.1 Å². The van der Waals surface area contributed by atoms with Gasteiger partial charge in [0, 0.05) is 11.6 Å². The van der Waals surface area contributed by atoms with Crippen LogP contribution < -0.4 is 0 Å². The molecule has 0 saturated carbocycles. The Morgan fingerprint density at radius 3 is 2.43 bits per heavy atom. The van der Waals surface area contributed by atoms with E-state index in [1.807, 2.05) is 0 Å². The highest BCUT2D eigenvalue weighted by atomic mass is 35.5. The van der Waals surface area contributed by atoms with Crippen molar-refractivity contribution in [3.05, 3.63) is 69.7 Å². The summed E-state index contributed by atoms with van der Waals surface area (Å²) in [5, 5.41) is 9.43. The van der Waals surface area contributed by atoms with Crippen LogP contribution in [0.3, 0.4) is 0 Å². The third-order valence-corrected chi connectivity index (χ3v) is 3.57. The van der Waals surface area contributed by atoms with Gasteiger partial charge in [-0.2, -0.15) is 5.26 Å². The van der Waals surface area contributed by atoms with E-state index in [4.69, 9.17) is 11.6 Å². The second kappa shape index (κ2) is 6.02. The quantitative estimate of drug-likeness (QED) is 0.788. The molecule has 0 aromatic heterocycles. The third-order valence-electron chi connectivity index (χ3n) is 3.07. The number of Topliss-reactive ketones (excluding diaryl/α,β-unsaturated/α-hetero) is 1. The summed E-state index contributed by atoms with van der Waals surface area (Å²) in [6.07, 6.45) is 0. The number of aryl methyl sites for hydroxylation is 1. The Balaban J connectivity index is 2.49. The number of carbonyl (C=O) groups is 1. The molecular formula is C16H10ClF2NO. The van der Waals surface area contributed by atoms with Crippen LogP contribution in [0.1, 0.15) is 27.4 Å². The number of nitriles is 1. The van der Waals surface area contributed by atoms with Gasteiger partial charge in [0.05, 0.1) is 11.1 Å². The van der Waals surface area contributed by atoms with Crippen molar-refractivity contribution < 1.29 is 13.6 Å². The lowest BCUT2D eigenvalue weighted by molar-refractivity contribution is 0.0979. The molecule has 2 rings (SSSR count). The number of nitrogens with zero attached hydrogens (tertiary/aromatic N) is 1. The van der Waals surface area contributed by atoms with Crippen LogP contribution in [-0.2, 0) is 0 Å². The van der Waals surface area contributed by atoms with Crippen molar-refractivity contribution in [2.24, 2.45) is 0 Å². The van der Waals surface area contributed by atoms with E-state index >= 15 is 0 Å². The number of ketones is 1. The molecule has 2 aromatic carbocycles. The molecule has 0 radical (unpaired) electrons. The summed E-state index contributed by atoms with van der Waals surface area (Å²) in [4.78, 5) is 12.4. The third kappa shape index (κ3) is 3.09. The molecule has 0 aliphatic carbocycles. The molecule has 0 amide bonds. The molecule has 0 aliphatic heterocycles. The molecule has 0 bridgehead atoms. The van der Waals surface area contributed by atoms with E-state index in [9.17, 15) is 18.8 Å². The first-order valence-electron chi connectivity index (χ1n) is 6.09. The van der Waals surface area contributed by atoms with Crippen LogP contribution in [0.5, 0.6) is 0 Å². The molecule has 0 saturated heterocycles. The molecule has 2 aromatic rings. The van der Waals surface area contributed by atoms with Gasteiger partial charge in [-0.15, -0.1) is 0 Å². The van der Waals surface area contributed by atoms with Gasteiger partial charge < -0.3 is 0 Å². The topological polar surface area (TPSA) is 40.9 Å². The first-order valence-corrected chi connectivity index (χ1v) is 6.46. The predicted molar refractivity (Wildman–Crippen MR) is 75.2 cm³/mol. The zero-order chi connectivity index (χ0) is 15.6. The average Bonchev–Trinajstić information content (AvgIpc) is 2.41. The number of carbonyl (C=O) groups excluding carboxylic acids is 1. The van der Waals surface area contributed by atoms with Gasteiger partial charge in [0.1, 0.15) is 17.6 Å². The van der Waals surface area contributed by atoms with E-state index in [-0.39, 0.29) is 16.1 Å². The summed E-state index contributed by atoms with van der Waals surface area (Å²) in [7, 11) is 0. The maximum atomic E-state index is 13.2. The zero-order valence-corrected chi connectivity index (χ0v) is 11.8. The lowest BCUT2D eigenvalue weighted by atomic mass is 9.91. The molecule has 1 atom stereocenters. The van der Waals surface area contributed by atoms with Gasteiger partial charge in [0.15, 0.2) is 5.78 Å². The van der Waals surface area contributed by atoms with Crippen molar-refractivity contribution in [1.29, 1.82) is 5.26 Å². The largest absolute Gasteiger partial charge is 0.292 e. The molecule has 0 aliphatic rings. The van der Waals surface area contributed by atoms with Crippen LogP contribution in [0.25, 0.3) is 0 Å². The molecule has 0 N–H and O–H groups in total. The highest BCUT2D eigenvalue weighted by Gasteiger charge is 2.25. The highest BCUT2D eigenvalue weighted by Crippen LogP contribution is 2.27. The second-order valence-corrected chi connectivity index (χ2v) is 4.94. The minimum absolute atomic E-state index is 0.0300. The SMILES string of the molecule is Cc1cccc(C(=O)C(C#N)c2cc(F)cc(F)c2)c1Cl. The van der Waals surface area contributed by atoms with Gasteiger partial charge in [0.25, 0.3) is 0 Å². The van der Waals surface area contributed by atoms with Crippen molar-refractivity contribution in [1.82, 2.24) is 0 Å². The Labute approximate surface area is 125 Å². The predicted octanol–water partition coefficient (Wildman–Crippen LogP) is 4.42. The number of rotatable bonds is 3. The standard InChI is InChI=1S/C16H10ClF2NO/c1-9-3-2-4-13(15(9)17)16(21)14(8-20)10-5-11(18)7-12(19)6-10/h2-7,14H,1H3. The molecular weight excluding hydrogens is 296 g/mol. The Morgan fingerprint density at radius 1 is 1.24 bits per heavy atom. The summed E-state index contributed by atoms with van der Waals surface area (Å²) in [6, 6.07) is 9.24. The van der Waals surface area contributed by atoms with Crippen LogP contribution in [-0.4, -0.2) is 5.78 Å². The lowest BCUT2D eigenvalue weighted by Gasteiger charge is -2.11. The van der Waals surface area contributed by atoms with Crippen LogP contribution in [0.15, 0.2) is 36.4 Å². The van der Waals surface area contributed by atoms with Gasteiger partial charge in [-0.1, -0.05) is 23.7 Å². The van der Waals surface area contributed by atoms with Crippen molar-refractivity contribution >= 4 is 17.4 Å². The molecule has 5 heteroatoms. The first-order chi connectivity index (χ1) is 9.93. The Bertz CT molecular complexity index is 732. The summed E-state index contributed by atoms with van der Waals surface area (Å²) in [5.74, 6) is -3.58. The minimum atomic E-state index is -1.31. The van der Waals surface area contributed by atoms with E-state index in [1.165, 1.54) is 6.07 Å². The fourth-order valence-corrected chi connectivity index (χ4v) is 2.24. The normalized spacial score (nSPS) is 11.8. The van der Waals surface area contributed by atoms with Crippen LogP contribution in [0.2, 0.25) is 5.02 Å². The van der Waals surface area contributed by atoms with E-state index < -0.39 is 23.3 Å². The van der Waals surface area contributed by atoms with Gasteiger partial charge >= 0.3 is 0 Å². The maximum Gasteiger partial charge on any atom is 0.185 e. The van der Waals surface area contributed by atoms with E-state index in [0.717, 1.165) is 12.1 Å². The molecule has 106 valence electrons. The summed E-state index contributed by atoms with van der Waals surface area (Å²) in [5.41, 5.74) is 0.815. The van der Waals surface area contributed by atoms with Crippen LogP contribution >= 0.6 is 11.6 Å². The van der Waals surface area contributed by atoms with Gasteiger partial charge in [0.2, 0.25) is 0 Å². The maximum absolute atomic E-state index is 13.2. The molecule has 21 heavy (non-hydrogen) atoms. The monoisotopic (exact) mass is 305 g/mol. The smallest absolute Gasteiger partial charge is 0.185 e. The van der Waals surface area contributed by atoms with Gasteiger partial charge in [-0.3, -0.25) is 4.79 Å². The lowest BCUT2D eigenvalue weighted by Crippen LogP contribution is -2.12. The second-order valence-electron chi connectivity index (χ2n) is 4.57. The van der Waals surface area contributed by atoms with Gasteiger partial charge in [-0.25, -0.2) is 8.78 Å². The Morgan fingerprint density at radius 2 is 1.86 bits per heavy atom. The fourth-order valence-electron chi connectivity index (χ4n) is 2.02. The van der Waals surface area contributed by atoms with E-state index in [2.05, 4.69) is 0 Å². The van der Waals surface area contributed by atoms with Crippen LogP contribution in [0.4, 0.5) is 8.78 Å². The molecule has 2 nitrogen and oxygen atoms in total. The van der Waals surface area contributed by atoms with Gasteiger partial charge in [-0.05, 0) is 36.2 Å². The van der Waals surface area contributed by atoms with E-state index in [0.29, 0.717) is 11.6 Å². The van der Waals surface area contributed by atoms with Crippen molar-refractivity contribution in [3.63, 3.8) is 0 Å². The Kier molecular flexibility index (Phi) is 4.35. The van der Waals surface area contributed by atoms with Crippen molar-refractivity contribution in [2.75, 3.05) is 0 Å². The first kappa shape index (κ1) is 15.1. The zero-order valence-electron chi connectivity index (χ0n) is 11.0. The molecule has 0 heterocycles. The summed E-state index contributed by atoms with van der Waals surface area (Å²) >= 11 is 6.06. The highest BCUT2D eigenvalue weighted by molar-refractivity contribution is 6.35. The van der Waals surface area contributed by atoms with Crippen LogP contribution in [0, 0.1) is 29.9 Å². The summed E-state index contributed by atoms with van der Waals surface area (Å²) < 4.78 is 26.5. The average molecular weight is 306 g/mol. The number of hydrogen-bond acceptors (Lipinski definition) is 2. The number of halogens is 3. The van der Waals surface area contributed by atoms with Crippen molar-refractivity contribution in [2.45, 2.75) is 12.8 Å². The number of benzene rings is 2. The van der Waals surface area contributed by atoms with Crippen molar-refractivity contribution in [3.8, 4) is 6.07 Å². The number of hydrogen-bond donors (Lipinski definition) is 0. The minimum Gasteiger partial charge on any atom is -0.292 e. The molecule has 0 fully saturated rings. The molecule has 1 unspecified atom stereocenters. The Hall–Kier alpha value is -2.25. The summed E-state index contributed by atoms with van der Waals surface area (Å²) in [6.45, 7) is 1.72. The fraction of sp³-hybridized carbons (Fsp3) is 0.125. The molecule has 0 spiro atoms.